The molecule has 3 N–H and O–H groups in total. The van der Waals surface area contributed by atoms with Crippen molar-refractivity contribution < 1.29 is 13.2 Å². The van der Waals surface area contributed by atoms with E-state index in [0.29, 0.717) is 29.4 Å². The molecule has 0 aliphatic rings. The highest BCUT2D eigenvalue weighted by Gasteiger charge is 2.16. The van der Waals surface area contributed by atoms with Crippen molar-refractivity contribution in [3.05, 3.63) is 54.4 Å². The molecule has 2 heterocycles. The van der Waals surface area contributed by atoms with Gasteiger partial charge in [-0.3, -0.25) is 4.79 Å². The molecule has 3 aromatic rings. The van der Waals surface area contributed by atoms with Crippen molar-refractivity contribution in [1.29, 1.82) is 0 Å². The predicted octanol–water partition coefficient (Wildman–Crippen LogP) is 1.32. The van der Waals surface area contributed by atoms with Crippen molar-refractivity contribution in [2.45, 2.75) is 18.7 Å². The minimum Gasteiger partial charge on any atom is -0.367 e. The van der Waals surface area contributed by atoms with E-state index < -0.39 is 10.0 Å². The zero-order valence-electron chi connectivity index (χ0n) is 16.0. The molecule has 1 aromatic carbocycles. The van der Waals surface area contributed by atoms with E-state index in [0.717, 1.165) is 0 Å². The van der Waals surface area contributed by atoms with Crippen LogP contribution in [0.2, 0.25) is 0 Å². The maximum Gasteiger partial charge on any atom is 0.240 e. The second kappa shape index (κ2) is 8.80. The fraction of sp³-hybridized carbons (Fsp3) is 0.222. The number of sulfonamides is 1. The van der Waals surface area contributed by atoms with Crippen molar-refractivity contribution in [3.63, 3.8) is 0 Å². The molecule has 3 rings (SSSR count). The fourth-order valence-corrected chi connectivity index (χ4v) is 3.89. The van der Waals surface area contributed by atoms with Crippen molar-refractivity contribution in [2.24, 2.45) is 0 Å². The van der Waals surface area contributed by atoms with E-state index in [2.05, 4.69) is 30.7 Å². The van der Waals surface area contributed by atoms with E-state index in [1.807, 2.05) is 0 Å². The van der Waals surface area contributed by atoms with Crippen LogP contribution in [0.15, 0.2) is 53.7 Å². The van der Waals surface area contributed by atoms with Gasteiger partial charge in [-0.15, -0.1) is 10.2 Å². The molecule has 1 amide bonds. The first-order valence-corrected chi connectivity index (χ1v) is 10.3. The third kappa shape index (κ3) is 5.36. The zero-order chi connectivity index (χ0) is 20.9. The number of carbonyl (C=O) groups excluding carboxylic acids is 1. The maximum atomic E-state index is 12.5. The highest BCUT2D eigenvalue weighted by atomic mass is 32.2. The highest BCUT2D eigenvalue weighted by Crippen LogP contribution is 2.19. The molecular formula is C18H21N7O3S. The van der Waals surface area contributed by atoms with Gasteiger partial charge >= 0.3 is 0 Å². The average Bonchev–Trinajstić information content (AvgIpc) is 3.20. The fourth-order valence-electron chi connectivity index (χ4n) is 2.63. The van der Waals surface area contributed by atoms with Crippen LogP contribution in [0.1, 0.15) is 12.5 Å². The Kier molecular flexibility index (Phi) is 6.20. The van der Waals surface area contributed by atoms with Gasteiger partial charge in [-0.05, 0) is 48.9 Å². The van der Waals surface area contributed by atoms with Gasteiger partial charge in [0.25, 0.3) is 0 Å². The Morgan fingerprint density at radius 1 is 1.14 bits per heavy atom. The van der Waals surface area contributed by atoms with E-state index in [9.17, 15) is 13.2 Å². The molecule has 152 valence electrons. The van der Waals surface area contributed by atoms with Crippen LogP contribution in [-0.2, 0) is 14.8 Å². The molecular weight excluding hydrogens is 394 g/mol. The molecule has 0 bridgehead atoms. The van der Waals surface area contributed by atoms with E-state index >= 15 is 0 Å². The molecule has 29 heavy (non-hydrogen) atoms. The molecule has 0 saturated heterocycles. The highest BCUT2D eigenvalue weighted by molar-refractivity contribution is 7.89. The number of hydrogen-bond donors (Lipinski definition) is 3. The van der Waals surface area contributed by atoms with Gasteiger partial charge in [0, 0.05) is 38.1 Å². The van der Waals surface area contributed by atoms with Crippen molar-refractivity contribution in [3.8, 4) is 5.82 Å². The van der Waals surface area contributed by atoms with E-state index in [1.54, 1.807) is 54.3 Å². The molecule has 0 saturated carbocycles. The standard InChI is InChI=1S/C18H21N7O3S/c1-13-12-15(22-14(2)26)4-5-16(13)29(27,28)21-10-9-19-17-6-7-18(24-23-17)25-11-3-8-20-25/h3-8,11-12,21H,9-10H2,1-2H3,(H,19,23)(H,22,26). The SMILES string of the molecule is CC(=O)Nc1ccc(S(=O)(=O)NCCNc2ccc(-n3cccn3)nn2)c(C)c1. The van der Waals surface area contributed by atoms with Gasteiger partial charge < -0.3 is 10.6 Å². The van der Waals surface area contributed by atoms with Gasteiger partial charge in [-0.1, -0.05) is 0 Å². The molecule has 0 fully saturated rings. The number of hydrogen-bond acceptors (Lipinski definition) is 7. The first-order valence-electron chi connectivity index (χ1n) is 8.81. The number of aromatic nitrogens is 4. The lowest BCUT2D eigenvalue weighted by Gasteiger charge is -2.11. The van der Waals surface area contributed by atoms with E-state index in [4.69, 9.17) is 0 Å². The smallest absolute Gasteiger partial charge is 0.240 e. The Hall–Kier alpha value is -3.31. The first kappa shape index (κ1) is 20.4. The third-order valence-electron chi connectivity index (χ3n) is 3.90. The predicted molar refractivity (Wildman–Crippen MR) is 108 cm³/mol. The van der Waals surface area contributed by atoms with Crippen LogP contribution in [0, 0.1) is 6.92 Å². The number of nitrogens with one attached hydrogen (secondary N) is 3. The molecule has 0 radical (unpaired) electrons. The van der Waals surface area contributed by atoms with E-state index in [1.165, 1.54) is 13.0 Å². The summed E-state index contributed by atoms with van der Waals surface area (Å²) in [6.45, 7) is 3.56. The lowest BCUT2D eigenvalue weighted by atomic mass is 10.2. The van der Waals surface area contributed by atoms with E-state index in [-0.39, 0.29) is 17.3 Å². The second-order valence-corrected chi connectivity index (χ2v) is 7.95. The molecule has 0 aliphatic heterocycles. The number of nitrogens with zero attached hydrogens (tertiary/aromatic N) is 4. The van der Waals surface area contributed by atoms with Crippen LogP contribution in [0.4, 0.5) is 11.5 Å². The summed E-state index contributed by atoms with van der Waals surface area (Å²) >= 11 is 0. The summed E-state index contributed by atoms with van der Waals surface area (Å²) in [5.41, 5.74) is 1.09. The summed E-state index contributed by atoms with van der Waals surface area (Å²) in [6.07, 6.45) is 3.41. The van der Waals surface area contributed by atoms with Crippen LogP contribution < -0.4 is 15.4 Å². The minimum atomic E-state index is -3.68. The van der Waals surface area contributed by atoms with Gasteiger partial charge in [-0.2, -0.15) is 5.10 Å². The summed E-state index contributed by atoms with van der Waals surface area (Å²) in [4.78, 5) is 11.3. The van der Waals surface area contributed by atoms with Crippen molar-refractivity contribution in [2.75, 3.05) is 23.7 Å². The van der Waals surface area contributed by atoms with Crippen LogP contribution in [-0.4, -0.2) is 47.4 Å². The largest absolute Gasteiger partial charge is 0.367 e. The number of aryl methyl sites for hydroxylation is 1. The number of anilines is 2. The third-order valence-corrected chi connectivity index (χ3v) is 5.52. The Bertz CT molecular complexity index is 1080. The Balaban J connectivity index is 1.53. The topological polar surface area (TPSA) is 131 Å². The quantitative estimate of drug-likeness (QED) is 0.473. The van der Waals surface area contributed by atoms with Gasteiger partial charge in [0.2, 0.25) is 15.9 Å². The van der Waals surface area contributed by atoms with Crippen LogP contribution >= 0.6 is 0 Å². The van der Waals surface area contributed by atoms with Crippen LogP contribution in [0.5, 0.6) is 0 Å². The maximum absolute atomic E-state index is 12.5. The Morgan fingerprint density at radius 2 is 1.97 bits per heavy atom. The molecule has 0 atom stereocenters. The lowest BCUT2D eigenvalue weighted by Crippen LogP contribution is -2.29. The van der Waals surface area contributed by atoms with Crippen LogP contribution in [0.25, 0.3) is 5.82 Å². The monoisotopic (exact) mass is 415 g/mol. The molecule has 0 unspecified atom stereocenters. The average molecular weight is 415 g/mol. The normalized spacial score (nSPS) is 11.2. The minimum absolute atomic E-state index is 0.162. The molecule has 10 nitrogen and oxygen atoms in total. The van der Waals surface area contributed by atoms with Crippen molar-refractivity contribution in [1.82, 2.24) is 24.7 Å². The first-order chi connectivity index (χ1) is 13.8. The molecule has 2 aromatic heterocycles. The van der Waals surface area contributed by atoms with Crippen molar-refractivity contribution >= 4 is 27.4 Å². The molecule has 0 spiro atoms. The number of amides is 1. The second-order valence-electron chi connectivity index (χ2n) is 6.21. The van der Waals surface area contributed by atoms with Gasteiger partial charge in [0.15, 0.2) is 5.82 Å². The molecule has 11 heteroatoms. The Labute approximate surface area is 168 Å². The van der Waals surface area contributed by atoms with Crippen LogP contribution in [0.3, 0.4) is 0 Å². The van der Waals surface area contributed by atoms with Gasteiger partial charge in [0.05, 0.1) is 4.90 Å². The summed E-state index contributed by atoms with van der Waals surface area (Å²) < 4.78 is 29.1. The van der Waals surface area contributed by atoms with Gasteiger partial charge in [0.1, 0.15) is 5.82 Å². The van der Waals surface area contributed by atoms with Gasteiger partial charge in [-0.25, -0.2) is 17.8 Å². The summed E-state index contributed by atoms with van der Waals surface area (Å²) in [6, 6.07) is 9.92. The zero-order valence-corrected chi connectivity index (χ0v) is 16.8. The summed E-state index contributed by atoms with van der Waals surface area (Å²) in [7, 11) is -3.68. The number of rotatable bonds is 8. The summed E-state index contributed by atoms with van der Waals surface area (Å²) in [5, 5.41) is 17.8. The Morgan fingerprint density at radius 3 is 2.59 bits per heavy atom. The lowest BCUT2D eigenvalue weighted by molar-refractivity contribution is -0.114. The number of carbonyl (C=O) groups is 1. The molecule has 0 aliphatic carbocycles. The number of benzene rings is 1. The summed E-state index contributed by atoms with van der Waals surface area (Å²) in [5.74, 6) is 0.889.